The molecule has 1 heterocycles. The molecule has 0 aliphatic carbocycles. The number of non-ortho nitro benzene ring substituents is 1. The quantitative estimate of drug-likeness (QED) is 0.315. The summed E-state index contributed by atoms with van der Waals surface area (Å²) < 4.78 is 0. The third kappa shape index (κ3) is 5.83. The van der Waals surface area contributed by atoms with Crippen LogP contribution in [0.1, 0.15) is 25.0 Å². The first-order chi connectivity index (χ1) is 13.9. The zero-order valence-electron chi connectivity index (χ0n) is 16.2. The van der Waals surface area contributed by atoms with E-state index in [1.807, 2.05) is 17.5 Å². The third-order valence-corrected chi connectivity index (χ3v) is 4.89. The average Bonchev–Trinajstić information content (AvgIpc) is 3.15. The van der Waals surface area contributed by atoms with Crippen LogP contribution in [0, 0.1) is 16.0 Å². The number of hydrogen-bond donors (Lipinski definition) is 1. The van der Waals surface area contributed by atoms with Gasteiger partial charge < -0.3 is 0 Å². The molecule has 0 fully saturated rings. The van der Waals surface area contributed by atoms with Crippen LogP contribution in [0.5, 0.6) is 0 Å². The van der Waals surface area contributed by atoms with Crippen molar-refractivity contribution in [1.29, 1.82) is 0 Å². The molecule has 0 atom stereocenters. The van der Waals surface area contributed by atoms with Gasteiger partial charge in [-0.15, -0.1) is 11.3 Å². The summed E-state index contributed by atoms with van der Waals surface area (Å²) in [5, 5.41) is 15.9. The fourth-order valence-electron chi connectivity index (χ4n) is 2.81. The van der Waals surface area contributed by atoms with Crippen LogP contribution in [-0.4, -0.2) is 15.8 Å². The van der Waals surface area contributed by atoms with Gasteiger partial charge in [-0.1, -0.05) is 50.2 Å². The van der Waals surface area contributed by atoms with Gasteiger partial charge in [0.15, 0.2) is 5.13 Å². The SMILES string of the molecule is CC(C)Cc1ccc(-c2csc(NC(=O)C=Cc3cccc([N+](=O)[O-])c3)n2)cc1. The van der Waals surface area contributed by atoms with Crippen LogP contribution in [0.4, 0.5) is 10.8 Å². The van der Waals surface area contributed by atoms with E-state index in [-0.39, 0.29) is 11.6 Å². The van der Waals surface area contributed by atoms with Crippen molar-refractivity contribution in [2.24, 2.45) is 5.92 Å². The molecule has 1 N–H and O–H groups in total. The summed E-state index contributed by atoms with van der Waals surface area (Å²) in [6.45, 7) is 4.38. The van der Waals surface area contributed by atoms with E-state index >= 15 is 0 Å². The zero-order chi connectivity index (χ0) is 20.8. The molecule has 0 aliphatic rings. The molecule has 7 heteroatoms. The minimum Gasteiger partial charge on any atom is -0.298 e. The predicted molar refractivity (Wildman–Crippen MR) is 117 cm³/mol. The van der Waals surface area contributed by atoms with Crippen molar-refractivity contribution in [3.8, 4) is 11.3 Å². The fourth-order valence-corrected chi connectivity index (χ4v) is 3.53. The molecular formula is C22H21N3O3S. The van der Waals surface area contributed by atoms with Crippen LogP contribution in [0.15, 0.2) is 60.0 Å². The highest BCUT2D eigenvalue weighted by Gasteiger charge is 2.08. The van der Waals surface area contributed by atoms with Crippen molar-refractivity contribution in [1.82, 2.24) is 4.98 Å². The average molecular weight is 407 g/mol. The number of anilines is 1. The fraction of sp³-hybridized carbons (Fsp3) is 0.182. The second kappa shape index (κ2) is 9.25. The van der Waals surface area contributed by atoms with Crippen LogP contribution in [0.3, 0.4) is 0 Å². The number of benzene rings is 2. The molecule has 2 aromatic carbocycles. The minimum absolute atomic E-state index is 0.0171. The monoisotopic (exact) mass is 407 g/mol. The van der Waals surface area contributed by atoms with E-state index in [9.17, 15) is 14.9 Å². The van der Waals surface area contributed by atoms with E-state index in [1.54, 1.807) is 12.1 Å². The molecular weight excluding hydrogens is 386 g/mol. The number of carbonyl (C=O) groups excluding carboxylic acids is 1. The van der Waals surface area contributed by atoms with Gasteiger partial charge in [0.25, 0.3) is 5.69 Å². The molecule has 0 bridgehead atoms. The first-order valence-electron chi connectivity index (χ1n) is 9.19. The van der Waals surface area contributed by atoms with E-state index < -0.39 is 4.92 Å². The van der Waals surface area contributed by atoms with Gasteiger partial charge in [-0.05, 0) is 29.5 Å². The van der Waals surface area contributed by atoms with Crippen molar-refractivity contribution in [3.63, 3.8) is 0 Å². The number of nitro groups is 1. The van der Waals surface area contributed by atoms with Gasteiger partial charge in [0.05, 0.1) is 10.6 Å². The van der Waals surface area contributed by atoms with Crippen molar-refractivity contribution < 1.29 is 9.72 Å². The highest BCUT2D eigenvalue weighted by molar-refractivity contribution is 7.14. The van der Waals surface area contributed by atoms with Gasteiger partial charge in [0, 0.05) is 29.2 Å². The number of hydrogen-bond acceptors (Lipinski definition) is 5. The summed E-state index contributed by atoms with van der Waals surface area (Å²) in [5.74, 6) is 0.265. The number of carbonyl (C=O) groups is 1. The van der Waals surface area contributed by atoms with E-state index in [1.165, 1.54) is 41.2 Å². The summed E-state index contributed by atoms with van der Waals surface area (Å²) in [7, 11) is 0. The first-order valence-corrected chi connectivity index (χ1v) is 10.1. The Morgan fingerprint density at radius 1 is 1.24 bits per heavy atom. The van der Waals surface area contributed by atoms with Gasteiger partial charge in [-0.3, -0.25) is 20.2 Å². The Morgan fingerprint density at radius 2 is 2.00 bits per heavy atom. The number of nitro benzene ring substituents is 1. The lowest BCUT2D eigenvalue weighted by Crippen LogP contribution is -2.07. The number of thiazole rings is 1. The molecule has 3 aromatic rings. The molecule has 6 nitrogen and oxygen atoms in total. The highest BCUT2D eigenvalue weighted by atomic mass is 32.1. The number of nitrogens with zero attached hydrogens (tertiary/aromatic N) is 2. The lowest BCUT2D eigenvalue weighted by molar-refractivity contribution is -0.384. The molecule has 0 saturated carbocycles. The van der Waals surface area contributed by atoms with Crippen LogP contribution >= 0.6 is 11.3 Å². The molecule has 0 unspecified atom stereocenters. The Kier molecular flexibility index (Phi) is 6.51. The van der Waals surface area contributed by atoms with Gasteiger partial charge in [-0.25, -0.2) is 4.98 Å². The Morgan fingerprint density at radius 3 is 2.69 bits per heavy atom. The highest BCUT2D eigenvalue weighted by Crippen LogP contribution is 2.25. The summed E-state index contributed by atoms with van der Waals surface area (Å²) in [6, 6.07) is 14.4. The molecule has 3 rings (SSSR count). The molecule has 0 saturated heterocycles. The molecule has 1 aromatic heterocycles. The molecule has 1 amide bonds. The Hall–Kier alpha value is -3.32. The summed E-state index contributed by atoms with van der Waals surface area (Å²) >= 11 is 1.35. The zero-order valence-corrected chi connectivity index (χ0v) is 17.0. The van der Waals surface area contributed by atoms with Crippen molar-refractivity contribution in [3.05, 3.63) is 81.2 Å². The maximum absolute atomic E-state index is 12.1. The number of aromatic nitrogens is 1. The maximum atomic E-state index is 12.1. The van der Waals surface area contributed by atoms with Crippen molar-refractivity contribution in [2.75, 3.05) is 5.32 Å². The van der Waals surface area contributed by atoms with E-state index in [0.717, 1.165) is 17.7 Å². The lowest BCUT2D eigenvalue weighted by Gasteiger charge is -2.05. The Bertz CT molecular complexity index is 1040. The van der Waals surface area contributed by atoms with Crippen molar-refractivity contribution in [2.45, 2.75) is 20.3 Å². The second-order valence-electron chi connectivity index (χ2n) is 7.01. The topological polar surface area (TPSA) is 85.1 Å². The second-order valence-corrected chi connectivity index (χ2v) is 7.87. The summed E-state index contributed by atoms with van der Waals surface area (Å²) in [4.78, 5) is 26.9. The molecule has 148 valence electrons. The Labute approximate surface area is 173 Å². The van der Waals surface area contributed by atoms with Crippen LogP contribution < -0.4 is 5.32 Å². The number of amides is 1. The number of nitrogens with one attached hydrogen (secondary N) is 1. The maximum Gasteiger partial charge on any atom is 0.270 e. The van der Waals surface area contributed by atoms with Crippen LogP contribution in [0.2, 0.25) is 0 Å². The van der Waals surface area contributed by atoms with E-state index in [4.69, 9.17) is 0 Å². The van der Waals surface area contributed by atoms with E-state index in [2.05, 4.69) is 36.3 Å². The predicted octanol–water partition coefficient (Wildman–Crippen LogP) is 5.57. The molecule has 0 radical (unpaired) electrons. The largest absolute Gasteiger partial charge is 0.298 e. The summed E-state index contributed by atoms with van der Waals surface area (Å²) in [5.41, 5.74) is 3.66. The van der Waals surface area contributed by atoms with Gasteiger partial charge >= 0.3 is 0 Å². The Balaban J connectivity index is 1.63. The van der Waals surface area contributed by atoms with E-state index in [0.29, 0.717) is 16.6 Å². The third-order valence-electron chi connectivity index (χ3n) is 4.14. The van der Waals surface area contributed by atoms with Gasteiger partial charge in [-0.2, -0.15) is 0 Å². The van der Waals surface area contributed by atoms with Gasteiger partial charge in [0.2, 0.25) is 5.91 Å². The minimum atomic E-state index is -0.468. The summed E-state index contributed by atoms with van der Waals surface area (Å²) in [6.07, 6.45) is 3.90. The standard InChI is InChI=1S/C22H21N3O3S/c1-15(2)12-17-6-9-18(10-7-17)20-14-29-22(23-20)24-21(26)11-8-16-4-3-5-19(13-16)25(27)28/h3-11,13-15H,12H2,1-2H3,(H,23,24,26). The van der Waals surface area contributed by atoms with Gasteiger partial charge in [0.1, 0.15) is 0 Å². The first kappa shape index (κ1) is 20.4. The molecule has 0 aliphatic heterocycles. The number of rotatable bonds is 7. The normalized spacial score (nSPS) is 11.1. The lowest BCUT2D eigenvalue weighted by atomic mass is 10.0. The van der Waals surface area contributed by atoms with Crippen LogP contribution in [-0.2, 0) is 11.2 Å². The molecule has 29 heavy (non-hydrogen) atoms. The smallest absolute Gasteiger partial charge is 0.270 e. The van der Waals surface area contributed by atoms with Crippen LogP contribution in [0.25, 0.3) is 17.3 Å². The van der Waals surface area contributed by atoms with Crippen molar-refractivity contribution >= 4 is 34.1 Å². The molecule has 0 spiro atoms.